The summed E-state index contributed by atoms with van der Waals surface area (Å²) in [6.45, 7) is 1.67. The third-order valence-corrected chi connectivity index (χ3v) is 5.25. The van der Waals surface area contributed by atoms with E-state index in [1.54, 1.807) is 43.3 Å². The van der Waals surface area contributed by atoms with Crippen LogP contribution in [0.15, 0.2) is 54.6 Å². The lowest BCUT2D eigenvalue weighted by atomic mass is 10.2. The maximum atomic E-state index is 12.4. The number of alkyl carbamates (subject to hydrolysis) is 1. The van der Waals surface area contributed by atoms with Crippen LogP contribution < -0.4 is 5.32 Å². The molecule has 0 aromatic heterocycles. The Hall–Kier alpha value is -1.85. The van der Waals surface area contributed by atoms with Gasteiger partial charge in [-0.25, -0.2) is 4.79 Å². The molecule has 0 saturated carbocycles. The first-order chi connectivity index (χ1) is 11.9. The van der Waals surface area contributed by atoms with Gasteiger partial charge in [-0.3, -0.25) is 4.57 Å². The molecule has 0 aliphatic heterocycles. The Morgan fingerprint density at radius 3 is 2.44 bits per heavy atom. The maximum Gasteiger partial charge on any atom is 0.408 e. The van der Waals surface area contributed by atoms with Gasteiger partial charge in [0.25, 0.3) is 0 Å². The molecule has 0 radical (unpaired) electrons. The summed E-state index contributed by atoms with van der Waals surface area (Å²) in [7, 11) is -4.14. The van der Waals surface area contributed by atoms with Gasteiger partial charge in [-0.15, -0.1) is 0 Å². The van der Waals surface area contributed by atoms with E-state index in [-0.39, 0.29) is 13.2 Å². The molecule has 0 saturated heterocycles. The molecule has 2 unspecified atom stereocenters. The second-order valence-electron chi connectivity index (χ2n) is 5.14. The molecule has 0 bridgehead atoms. The first-order valence-corrected chi connectivity index (χ1v) is 9.64. The average Bonchev–Trinajstić information content (AvgIpc) is 2.59. The second-order valence-corrected chi connectivity index (χ2v) is 7.48. The molecule has 8 heteroatoms. The molecule has 0 fully saturated rings. The Labute approximate surface area is 151 Å². The fourth-order valence-electron chi connectivity index (χ4n) is 2.13. The van der Waals surface area contributed by atoms with Gasteiger partial charge in [0, 0.05) is 5.02 Å². The lowest BCUT2D eigenvalue weighted by molar-refractivity contribution is 0.136. The van der Waals surface area contributed by atoms with E-state index in [2.05, 4.69) is 5.32 Å². The van der Waals surface area contributed by atoms with Crippen molar-refractivity contribution in [1.82, 2.24) is 5.32 Å². The molecule has 1 amide bonds. The Kier molecular flexibility index (Phi) is 7.02. The summed E-state index contributed by atoms with van der Waals surface area (Å²) in [4.78, 5) is 22.2. The topological polar surface area (TPSA) is 84.9 Å². The van der Waals surface area contributed by atoms with E-state index in [0.717, 1.165) is 5.56 Å². The highest BCUT2D eigenvalue weighted by Crippen LogP contribution is 2.54. The van der Waals surface area contributed by atoms with Crippen LogP contribution in [0.3, 0.4) is 0 Å². The van der Waals surface area contributed by atoms with Gasteiger partial charge in [0.2, 0.25) is 0 Å². The molecule has 2 aromatic rings. The molecular formula is C17H19ClNO5P. The van der Waals surface area contributed by atoms with E-state index in [4.69, 9.17) is 20.9 Å². The van der Waals surface area contributed by atoms with Crippen LogP contribution in [0.4, 0.5) is 4.79 Å². The van der Waals surface area contributed by atoms with Crippen LogP contribution in [0, 0.1) is 0 Å². The fraction of sp³-hybridized carbons (Fsp3) is 0.235. The summed E-state index contributed by atoms with van der Waals surface area (Å²) in [5.41, 5.74) is 1.19. The first-order valence-electron chi connectivity index (χ1n) is 7.62. The van der Waals surface area contributed by atoms with Gasteiger partial charge in [-0.05, 0) is 30.2 Å². The van der Waals surface area contributed by atoms with Crippen LogP contribution in [-0.2, 0) is 20.4 Å². The van der Waals surface area contributed by atoms with Crippen LogP contribution in [0.5, 0.6) is 0 Å². The Balaban J connectivity index is 2.11. The highest BCUT2D eigenvalue weighted by molar-refractivity contribution is 7.53. The van der Waals surface area contributed by atoms with Crippen molar-refractivity contribution in [3.05, 3.63) is 70.7 Å². The summed E-state index contributed by atoms with van der Waals surface area (Å²) in [5, 5.41) is 2.88. The zero-order valence-corrected chi connectivity index (χ0v) is 15.2. The van der Waals surface area contributed by atoms with E-state index in [1.807, 2.05) is 18.2 Å². The quantitative estimate of drug-likeness (QED) is 0.688. The molecule has 0 aliphatic rings. The number of carbonyl (C=O) groups excluding carboxylic acids is 1. The minimum absolute atomic E-state index is 0.0264. The number of amides is 1. The van der Waals surface area contributed by atoms with Gasteiger partial charge >= 0.3 is 13.7 Å². The van der Waals surface area contributed by atoms with Crippen LogP contribution >= 0.6 is 19.2 Å². The zero-order valence-electron chi connectivity index (χ0n) is 13.6. The maximum absolute atomic E-state index is 12.4. The molecule has 0 heterocycles. The van der Waals surface area contributed by atoms with Gasteiger partial charge in [-0.2, -0.15) is 0 Å². The van der Waals surface area contributed by atoms with E-state index in [0.29, 0.717) is 10.6 Å². The van der Waals surface area contributed by atoms with Crippen molar-refractivity contribution < 1.29 is 23.5 Å². The number of ether oxygens (including phenoxy) is 1. The second kappa shape index (κ2) is 9.02. The van der Waals surface area contributed by atoms with Crippen LogP contribution in [-0.4, -0.2) is 17.6 Å². The van der Waals surface area contributed by atoms with Crippen molar-refractivity contribution in [2.75, 3.05) is 6.61 Å². The van der Waals surface area contributed by atoms with Crippen molar-refractivity contribution in [2.45, 2.75) is 19.3 Å². The lowest BCUT2D eigenvalue weighted by Crippen LogP contribution is -2.29. The van der Waals surface area contributed by atoms with E-state index < -0.39 is 19.5 Å². The fourth-order valence-corrected chi connectivity index (χ4v) is 3.60. The Morgan fingerprint density at radius 2 is 1.84 bits per heavy atom. The molecule has 6 nitrogen and oxygen atoms in total. The number of rotatable bonds is 7. The Morgan fingerprint density at radius 1 is 1.20 bits per heavy atom. The largest absolute Gasteiger partial charge is 0.445 e. The van der Waals surface area contributed by atoms with Crippen LogP contribution in [0.25, 0.3) is 0 Å². The van der Waals surface area contributed by atoms with Crippen LogP contribution in [0.2, 0.25) is 5.02 Å². The van der Waals surface area contributed by atoms with Gasteiger partial charge in [0.05, 0.1) is 6.61 Å². The summed E-state index contributed by atoms with van der Waals surface area (Å²) in [6, 6.07) is 15.3. The number of hydrogen-bond donors (Lipinski definition) is 2. The summed E-state index contributed by atoms with van der Waals surface area (Å²) < 4.78 is 22.5. The van der Waals surface area contributed by atoms with E-state index in [9.17, 15) is 14.3 Å². The molecule has 2 rings (SSSR count). The molecule has 134 valence electrons. The van der Waals surface area contributed by atoms with Crippen molar-refractivity contribution in [3.63, 3.8) is 0 Å². The van der Waals surface area contributed by atoms with Crippen molar-refractivity contribution in [2.24, 2.45) is 0 Å². The summed E-state index contributed by atoms with van der Waals surface area (Å²) in [6.07, 6.45) is -0.821. The highest BCUT2D eigenvalue weighted by atomic mass is 35.5. The zero-order chi connectivity index (χ0) is 18.3. The molecule has 2 atom stereocenters. The first kappa shape index (κ1) is 19.5. The van der Waals surface area contributed by atoms with Crippen molar-refractivity contribution >= 4 is 25.3 Å². The number of benzene rings is 2. The third-order valence-electron chi connectivity index (χ3n) is 3.29. The van der Waals surface area contributed by atoms with Gasteiger partial charge < -0.3 is 19.5 Å². The minimum Gasteiger partial charge on any atom is -0.445 e. The number of carbonyl (C=O) groups is 1. The van der Waals surface area contributed by atoms with Crippen molar-refractivity contribution in [1.29, 1.82) is 0 Å². The minimum atomic E-state index is -4.14. The molecule has 2 aromatic carbocycles. The Bertz CT molecular complexity index is 738. The molecule has 0 aliphatic carbocycles. The normalized spacial score (nSPS) is 14.4. The standard InChI is InChI=1S/C17H19ClNO5P/c1-2-24-25(21,22)16(14-8-10-15(18)11-9-14)19-17(20)23-12-13-6-4-3-5-7-13/h3-11,16H,2,12H2,1H3,(H,19,20)(H,21,22). The SMILES string of the molecule is CCOP(=O)(O)C(NC(=O)OCc1ccccc1)c1ccc(Cl)cc1. The van der Waals surface area contributed by atoms with Gasteiger partial charge in [0.1, 0.15) is 6.61 Å². The molecule has 0 spiro atoms. The smallest absolute Gasteiger partial charge is 0.408 e. The molecular weight excluding hydrogens is 365 g/mol. The van der Waals surface area contributed by atoms with Crippen LogP contribution in [0.1, 0.15) is 23.8 Å². The number of hydrogen-bond acceptors (Lipinski definition) is 4. The summed E-state index contributed by atoms with van der Waals surface area (Å²) >= 11 is 5.84. The monoisotopic (exact) mass is 383 g/mol. The van der Waals surface area contributed by atoms with Gasteiger partial charge in [-0.1, -0.05) is 54.1 Å². The molecule has 25 heavy (non-hydrogen) atoms. The predicted octanol–water partition coefficient (Wildman–Crippen LogP) is 4.49. The predicted molar refractivity (Wildman–Crippen MR) is 95.4 cm³/mol. The third kappa shape index (κ3) is 5.87. The highest BCUT2D eigenvalue weighted by Gasteiger charge is 2.35. The lowest BCUT2D eigenvalue weighted by Gasteiger charge is -2.23. The van der Waals surface area contributed by atoms with Crippen molar-refractivity contribution in [3.8, 4) is 0 Å². The van der Waals surface area contributed by atoms with Gasteiger partial charge in [0.15, 0.2) is 5.78 Å². The van der Waals surface area contributed by atoms with E-state index >= 15 is 0 Å². The number of nitrogens with one attached hydrogen (secondary N) is 1. The van der Waals surface area contributed by atoms with E-state index in [1.165, 1.54) is 0 Å². The summed E-state index contributed by atoms with van der Waals surface area (Å²) in [5.74, 6) is -1.26. The number of halogens is 1. The average molecular weight is 384 g/mol. The molecule has 2 N–H and O–H groups in total.